The van der Waals surface area contributed by atoms with Crippen molar-refractivity contribution in [2.45, 2.75) is 13.3 Å². The monoisotopic (exact) mass is 279 g/mol. The van der Waals surface area contributed by atoms with E-state index >= 15 is 0 Å². The van der Waals surface area contributed by atoms with Crippen LogP contribution in [0.15, 0.2) is 36.4 Å². The molecule has 0 unspecified atom stereocenters. The molecule has 2 aromatic rings. The van der Waals surface area contributed by atoms with Gasteiger partial charge in [0.15, 0.2) is 0 Å². The van der Waals surface area contributed by atoms with Crippen LogP contribution in [0.25, 0.3) is 0 Å². The minimum Gasteiger partial charge on any atom is -0.457 e. The van der Waals surface area contributed by atoms with Gasteiger partial charge in [0.25, 0.3) is 0 Å². The predicted molar refractivity (Wildman–Crippen MR) is 75.4 cm³/mol. The van der Waals surface area contributed by atoms with E-state index < -0.39 is 0 Å². The van der Waals surface area contributed by atoms with Gasteiger partial charge in [0, 0.05) is 11.1 Å². The summed E-state index contributed by atoms with van der Waals surface area (Å²) in [4.78, 5) is 0. The Morgan fingerprint density at radius 3 is 2.68 bits per heavy atom. The molecule has 0 saturated heterocycles. The molecule has 0 heterocycles. The molecule has 0 radical (unpaired) electrons. The van der Waals surface area contributed by atoms with Gasteiger partial charge in [-0.2, -0.15) is 0 Å². The van der Waals surface area contributed by atoms with Crippen LogP contribution in [0, 0.1) is 12.7 Å². The fourth-order valence-corrected chi connectivity index (χ4v) is 1.96. The van der Waals surface area contributed by atoms with Crippen molar-refractivity contribution in [3.05, 3.63) is 58.4 Å². The number of benzene rings is 2. The lowest BCUT2D eigenvalue weighted by Crippen LogP contribution is -2.04. The van der Waals surface area contributed by atoms with Crippen LogP contribution in [-0.2, 0) is 6.42 Å². The zero-order valence-electron chi connectivity index (χ0n) is 10.6. The lowest BCUT2D eigenvalue weighted by atomic mass is 10.1. The average Bonchev–Trinajstić information content (AvgIpc) is 2.37. The maximum absolute atomic E-state index is 13.5. The number of hydrogen-bond donors (Lipinski definition) is 1. The van der Waals surface area contributed by atoms with Crippen LogP contribution in [-0.4, -0.2) is 6.54 Å². The van der Waals surface area contributed by atoms with E-state index in [2.05, 4.69) is 0 Å². The zero-order valence-corrected chi connectivity index (χ0v) is 11.4. The van der Waals surface area contributed by atoms with E-state index in [1.165, 1.54) is 6.07 Å². The second-order valence-electron chi connectivity index (χ2n) is 4.30. The Bertz CT molecular complexity index is 586. The minimum absolute atomic E-state index is 0.285. The van der Waals surface area contributed by atoms with Crippen molar-refractivity contribution in [2.24, 2.45) is 5.73 Å². The summed E-state index contributed by atoms with van der Waals surface area (Å²) in [7, 11) is 0. The highest BCUT2D eigenvalue weighted by atomic mass is 35.5. The normalized spacial score (nSPS) is 10.5. The molecule has 2 rings (SSSR count). The SMILES string of the molecule is Cc1ccc(Oc2ccc(Cl)cc2CCN)cc1F. The number of nitrogens with two attached hydrogens (primary N) is 1. The van der Waals surface area contributed by atoms with Crippen LogP contribution in [0.3, 0.4) is 0 Å². The van der Waals surface area contributed by atoms with Gasteiger partial charge in [0.2, 0.25) is 0 Å². The van der Waals surface area contributed by atoms with Crippen LogP contribution in [0.4, 0.5) is 4.39 Å². The van der Waals surface area contributed by atoms with Gasteiger partial charge in [0.05, 0.1) is 0 Å². The van der Waals surface area contributed by atoms with Crippen molar-refractivity contribution in [3.63, 3.8) is 0 Å². The van der Waals surface area contributed by atoms with Crippen molar-refractivity contribution < 1.29 is 9.13 Å². The van der Waals surface area contributed by atoms with E-state index in [0.717, 1.165) is 5.56 Å². The second kappa shape index (κ2) is 6.04. The highest BCUT2D eigenvalue weighted by Crippen LogP contribution is 2.29. The van der Waals surface area contributed by atoms with Crippen LogP contribution < -0.4 is 10.5 Å². The molecule has 0 aliphatic rings. The molecule has 0 saturated carbocycles. The third-order valence-electron chi connectivity index (χ3n) is 2.81. The highest BCUT2D eigenvalue weighted by Gasteiger charge is 2.07. The number of aryl methyl sites for hydroxylation is 1. The Morgan fingerprint density at radius 2 is 2.00 bits per heavy atom. The van der Waals surface area contributed by atoms with Gasteiger partial charge >= 0.3 is 0 Å². The van der Waals surface area contributed by atoms with Crippen molar-refractivity contribution in [2.75, 3.05) is 6.54 Å². The fourth-order valence-electron chi connectivity index (χ4n) is 1.76. The molecule has 0 aliphatic heterocycles. The van der Waals surface area contributed by atoms with Crippen molar-refractivity contribution in [3.8, 4) is 11.5 Å². The maximum atomic E-state index is 13.5. The molecule has 100 valence electrons. The lowest BCUT2D eigenvalue weighted by Gasteiger charge is -2.11. The lowest BCUT2D eigenvalue weighted by molar-refractivity contribution is 0.470. The van der Waals surface area contributed by atoms with Gasteiger partial charge in [-0.25, -0.2) is 4.39 Å². The Hall–Kier alpha value is -1.58. The molecule has 0 atom stereocenters. The Kier molecular flexibility index (Phi) is 4.40. The highest BCUT2D eigenvalue weighted by molar-refractivity contribution is 6.30. The third-order valence-corrected chi connectivity index (χ3v) is 3.04. The van der Waals surface area contributed by atoms with E-state index in [9.17, 15) is 4.39 Å². The van der Waals surface area contributed by atoms with E-state index in [0.29, 0.717) is 35.1 Å². The summed E-state index contributed by atoms with van der Waals surface area (Å²) in [6, 6.07) is 10.1. The zero-order chi connectivity index (χ0) is 13.8. The third kappa shape index (κ3) is 3.46. The topological polar surface area (TPSA) is 35.2 Å². The molecule has 0 aromatic heterocycles. The average molecular weight is 280 g/mol. The summed E-state index contributed by atoms with van der Waals surface area (Å²) in [5, 5.41) is 0.630. The number of hydrogen-bond acceptors (Lipinski definition) is 2. The van der Waals surface area contributed by atoms with Crippen LogP contribution in [0.2, 0.25) is 5.02 Å². The summed E-state index contributed by atoms with van der Waals surface area (Å²) in [6.07, 6.45) is 0.657. The molecule has 0 bridgehead atoms. The molecule has 4 heteroatoms. The fraction of sp³-hybridized carbons (Fsp3) is 0.200. The minimum atomic E-state index is -0.285. The van der Waals surface area contributed by atoms with Crippen molar-refractivity contribution in [1.82, 2.24) is 0 Å². The summed E-state index contributed by atoms with van der Waals surface area (Å²) in [5.41, 5.74) is 7.06. The molecule has 2 N–H and O–H groups in total. The summed E-state index contributed by atoms with van der Waals surface area (Å²) < 4.78 is 19.2. The smallest absolute Gasteiger partial charge is 0.130 e. The molecule has 19 heavy (non-hydrogen) atoms. The van der Waals surface area contributed by atoms with Gasteiger partial charge < -0.3 is 10.5 Å². The van der Waals surface area contributed by atoms with E-state index in [1.807, 2.05) is 6.07 Å². The standard InChI is InChI=1S/C15H15ClFNO/c1-10-2-4-13(9-14(10)17)19-15-5-3-12(16)8-11(15)6-7-18/h2-5,8-9H,6-7,18H2,1H3. The Morgan fingerprint density at radius 1 is 1.21 bits per heavy atom. The Balaban J connectivity index is 2.29. The largest absolute Gasteiger partial charge is 0.457 e. The molecule has 0 aliphatic carbocycles. The van der Waals surface area contributed by atoms with Gasteiger partial charge in [-0.05, 0) is 55.3 Å². The van der Waals surface area contributed by atoms with E-state index in [-0.39, 0.29) is 5.82 Å². The molecule has 0 spiro atoms. The first-order valence-corrected chi connectivity index (χ1v) is 6.40. The number of ether oxygens (including phenoxy) is 1. The molecular formula is C15H15ClFNO. The van der Waals surface area contributed by atoms with Gasteiger partial charge in [0.1, 0.15) is 17.3 Å². The predicted octanol–water partition coefficient (Wildman–Crippen LogP) is 4.08. The quantitative estimate of drug-likeness (QED) is 0.915. The summed E-state index contributed by atoms with van der Waals surface area (Å²) in [6.45, 7) is 2.21. The van der Waals surface area contributed by atoms with Gasteiger partial charge in [-0.3, -0.25) is 0 Å². The van der Waals surface area contributed by atoms with Gasteiger partial charge in [-0.15, -0.1) is 0 Å². The maximum Gasteiger partial charge on any atom is 0.130 e. The first kappa shape index (κ1) is 13.8. The van der Waals surface area contributed by atoms with Crippen molar-refractivity contribution in [1.29, 1.82) is 0 Å². The molecule has 2 nitrogen and oxygen atoms in total. The van der Waals surface area contributed by atoms with E-state index in [1.54, 1.807) is 31.2 Å². The van der Waals surface area contributed by atoms with E-state index in [4.69, 9.17) is 22.1 Å². The van der Waals surface area contributed by atoms with Crippen LogP contribution in [0.5, 0.6) is 11.5 Å². The first-order valence-electron chi connectivity index (χ1n) is 6.02. The molecular weight excluding hydrogens is 265 g/mol. The first-order chi connectivity index (χ1) is 9.10. The van der Waals surface area contributed by atoms with Crippen molar-refractivity contribution >= 4 is 11.6 Å². The second-order valence-corrected chi connectivity index (χ2v) is 4.74. The number of rotatable bonds is 4. The molecule has 2 aromatic carbocycles. The molecule has 0 fully saturated rings. The summed E-state index contributed by atoms with van der Waals surface area (Å²) in [5.74, 6) is 0.827. The Labute approximate surface area is 117 Å². The van der Waals surface area contributed by atoms with Crippen LogP contribution in [0.1, 0.15) is 11.1 Å². The van der Waals surface area contributed by atoms with Gasteiger partial charge in [-0.1, -0.05) is 17.7 Å². The molecule has 0 amide bonds. The number of halogens is 2. The summed E-state index contributed by atoms with van der Waals surface area (Å²) >= 11 is 5.95. The van der Waals surface area contributed by atoms with Crippen LogP contribution >= 0.6 is 11.6 Å².